The molecular formula is C35H30N4O3. The molecule has 42 heavy (non-hydrogen) atoms. The van der Waals surface area contributed by atoms with Crippen LogP contribution in [0.4, 0.5) is 5.69 Å². The summed E-state index contributed by atoms with van der Waals surface area (Å²) in [6.07, 6.45) is 5.59. The Hall–Kier alpha value is -4.72. The Morgan fingerprint density at radius 3 is 2.60 bits per heavy atom. The molecule has 1 N–H and O–H groups in total. The predicted octanol–water partition coefficient (Wildman–Crippen LogP) is 6.31. The van der Waals surface area contributed by atoms with Crippen molar-refractivity contribution in [3.05, 3.63) is 108 Å². The first-order chi connectivity index (χ1) is 20.6. The Kier molecular flexibility index (Phi) is 6.82. The number of ketones is 1. The van der Waals surface area contributed by atoms with Crippen molar-refractivity contribution in [3.63, 3.8) is 0 Å². The zero-order valence-electron chi connectivity index (χ0n) is 23.3. The van der Waals surface area contributed by atoms with Crippen LogP contribution in [0.1, 0.15) is 41.4 Å². The summed E-state index contributed by atoms with van der Waals surface area (Å²) in [4.78, 5) is 37.2. The maximum absolute atomic E-state index is 13.4. The molecule has 5 aromatic rings. The highest BCUT2D eigenvalue weighted by Crippen LogP contribution is 2.37. The van der Waals surface area contributed by atoms with E-state index in [2.05, 4.69) is 28.5 Å². The predicted molar refractivity (Wildman–Crippen MR) is 165 cm³/mol. The second-order valence-corrected chi connectivity index (χ2v) is 10.8. The number of fused-ring (bicyclic) bond motifs is 3. The number of para-hydroxylation sites is 2. The minimum absolute atomic E-state index is 0.187. The summed E-state index contributed by atoms with van der Waals surface area (Å²) in [6, 6.07) is 26.1. The third kappa shape index (κ3) is 4.76. The number of rotatable bonds is 5. The van der Waals surface area contributed by atoms with E-state index in [-0.39, 0.29) is 11.7 Å². The van der Waals surface area contributed by atoms with Crippen LogP contribution in [0.3, 0.4) is 0 Å². The van der Waals surface area contributed by atoms with Gasteiger partial charge < -0.3 is 10.1 Å². The van der Waals surface area contributed by atoms with Gasteiger partial charge in [-0.3, -0.25) is 19.5 Å². The van der Waals surface area contributed by atoms with Crippen LogP contribution in [-0.4, -0.2) is 40.9 Å². The molecule has 0 aliphatic carbocycles. The van der Waals surface area contributed by atoms with Crippen LogP contribution in [0.5, 0.6) is 0 Å². The summed E-state index contributed by atoms with van der Waals surface area (Å²) < 4.78 is 5.51. The van der Waals surface area contributed by atoms with E-state index in [1.165, 1.54) is 17.4 Å². The number of hydrogen-bond donors (Lipinski definition) is 1. The number of ether oxygens (including phenoxy) is 1. The summed E-state index contributed by atoms with van der Waals surface area (Å²) >= 11 is 0. The van der Waals surface area contributed by atoms with Gasteiger partial charge in [0.25, 0.3) is 0 Å². The van der Waals surface area contributed by atoms with E-state index in [0.717, 1.165) is 65.5 Å². The molecule has 2 aromatic heterocycles. The molecule has 0 unspecified atom stereocenters. The number of carbonyl (C=O) groups excluding carboxylic acids is 2. The summed E-state index contributed by atoms with van der Waals surface area (Å²) in [5.41, 5.74) is 6.94. The molecule has 1 saturated heterocycles. The summed E-state index contributed by atoms with van der Waals surface area (Å²) in [6.45, 7) is 3.82. The fourth-order valence-corrected chi connectivity index (χ4v) is 6.03. The molecule has 2 aliphatic heterocycles. The topological polar surface area (TPSA) is 84.4 Å². The van der Waals surface area contributed by atoms with Gasteiger partial charge in [0.15, 0.2) is 0 Å². The maximum atomic E-state index is 13.4. The van der Waals surface area contributed by atoms with Crippen molar-refractivity contribution < 1.29 is 14.3 Å². The number of benzene rings is 3. The second-order valence-electron chi connectivity index (χ2n) is 10.8. The highest BCUT2D eigenvalue weighted by Gasteiger charge is 2.34. The van der Waals surface area contributed by atoms with Gasteiger partial charge in [0, 0.05) is 55.3 Å². The van der Waals surface area contributed by atoms with E-state index < -0.39 is 0 Å². The molecular weight excluding hydrogens is 524 g/mol. The van der Waals surface area contributed by atoms with Crippen molar-refractivity contribution in [2.24, 2.45) is 0 Å². The van der Waals surface area contributed by atoms with Gasteiger partial charge in [-0.2, -0.15) is 0 Å². The molecule has 0 radical (unpaired) electrons. The molecule has 0 bridgehead atoms. The number of allylic oxidation sites excluding steroid dienone is 1. The van der Waals surface area contributed by atoms with Crippen LogP contribution >= 0.6 is 0 Å². The van der Waals surface area contributed by atoms with Gasteiger partial charge >= 0.3 is 0 Å². The summed E-state index contributed by atoms with van der Waals surface area (Å²) in [5, 5.41) is 5.74. The average Bonchev–Trinajstić information content (AvgIpc) is 3.31. The SMILES string of the molecule is CC(=O)N1C(=Cc2cc(-c3ccnc4ccccc34)c3cc(CNC4CCOCC4)ccc3n2)C(=O)c2ccccc21. The van der Waals surface area contributed by atoms with E-state index in [9.17, 15) is 9.59 Å². The van der Waals surface area contributed by atoms with Gasteiger partial charge in [-0.15, -0.1) is 0 Å². The Bertz CT molecular complexity index is 1890. The van der Waals surface area contributed by atoms with Crippen LogP contribution in [0.25, 0.3) is 39.0 Å². The monoisotopic (exact) mass is 554 g/mol. The highest BCUT2D eigenvalue weighted by atomic mass is 16.5. The lowest BCUT2D eigenvalue weighted by Crippen LogP contribution is -2.34. The summed E-state index contributed by atoms with van der Waals surface area (Å²) in [5.74, 6) is -0.407. The number of hydrogen-bond acceptors (Lipinski definition) is 6. The number of nitrogens with one attached hydrogen (secondary N) is 1. The van der Waals surface area contributed by atoms with Crippen molar-refractivity contribution >= 4 is 45.3 Å². The van der Waals surface area contributed by atoms with Gasteiger partial charge in [0.1, 0.15) is 0 Å². The molecule has 3 aromatic carbocycles. The summed E-state index contributed by atoms with van der Waals surface area (Å²) in [7, 11) is 0. The third-order valence-electron chi connectivity index (χ3n) is 8.11. The molecule has 2 aliphatic rings. The first-order valence-electron chi connectivity index (χ1n) is 14.3. The van der Waals surface area contributed by atoms with Gasteiger partial charge in [-0.05, 0) is 78.1 Å². The number of anilines is 1. The molecule has 7 nitrogen and oxygen atoms in total. The second kappa shape index (κ2) is 10.9. The van der Waals surface area contributed by atoms with Crippen molar-refractivity contribution in [1.29, 1.82) is 0 Å². The Morgan fingerprint density at radius 2 is 1.74 bits per heavy atom. The van der Waals surface area contributed by atoms with E-state index in [0.29, 0.717) is 28.7 Å². The fraction of sp³-hybridized carbons (Fsp3) is 0.200. The minimum atomic E-state index is -0.220. The van der Waals surface area contributed by atoms with Gasteiger partial charge in [0.2, 0.25) is 11.7 Å². The van der Waals surface area contributed by atoms with Crippen molar-refractivity contribution in [2.75, 3.05) is 18.1 Å². The number of pyridine rings is 2. The zero-order valence-corrected chi connectivity index (χ0v) is 23.3. The van der Waals surface area contributed by atoms with E-state index in [4.69, 9.17) is 9.72 Å². The molecule has 0 saturated carbocycles. The zero-order chi connectivity index (χ0) is 28.6. The van der Waals surface area contributed by atoms with Gasteiger partial charge in [0.05, 0.1) is 28.1 Å². The van der Waals surface area contributed by atoms with Gasteiger partial charge in [-0.25, -0.2) is 4.98 Å². The van der Waals surface area contributed by atoms with Crippen molar-refractivity contribution in [2.45, 2.75) is 32.4 Å². The van der Waals surface area contributed by atoms with Crippen LogP contribution in [0.2, 0.25) is 0 Å². The number of Topliss-reactive ketones (excluding diaryl/α,β-unsaturated/α-hetero) is 1. The molecule has 1 fully saturated rings. The van der Waals surface area contributed by atoms with E-state index in [1.54, 1.807) is 18.2 Å². The lowest BCUT2D eigenvalue weighted by Gasteiger charge is -2.23. The normalized spacial score (nSPS) is 16.5. The number of amides is 1. The third-order valence-corrected chi connectivity index (χ3v) is 8.11. The molecule has 0 atom stereocenters. The Morgan fingerprint density at radius 1 is 0.929 bits per heavy atom. The molecule has 7 rings (SSSR count). The van der Waals surface area contributed by atoms with Crippen LogP contribution in [0.15, 0.2) is 90.8 Å². The molecule has 1 amide bonds. The van der Waals surface area contributed by atoms with Crippen LogP contribution < -0.4 is 10.2 Å². The van der Waals surface area contributed by atoms with Crippen molar-refractivity contribution in [1.82, 2.24) is 15.3 Å². The van der Waals surface area contributed by atoms with E-state index >= 15 is 0 Å². The fourth-order valence-electron chi connectivity index (χ4n) is 6.03. The Balaban J connectivity index is 1.37. The molecule has 7 heteroatoms. The van der Waals surface area contributed by atoms with E-state index in [1.807, 2.05) is 54.7 Å². The smallest absolute Gasteiger partial charge is 0.228 e. The maximum Gasteiger partial charge on any atom is 0.228 e. The first-order valence-corrected chi connectivity index (χ1v) is 14.3. The molecule has 4 heterocycles. The standard InChI is InChI=1S/C35H30N4O3/c1-22(40)39-33-9-5-3-7-28(33)35(41)34(39)20-25-19-29(26-12-15-36-31-8-4-2-6-27(26)31)30-18-23(10-11-32(30)38-25)21-37-24-13-16-42-17-14-24/h2-12,15,18-20,24,37H,13-14,16-17,21H2,1H3. The highest BCUT2D eigenvalue weighted by molar-refractivity contribution is 6.26. The van der Waals surface area contributed by atoms with Crippen molar-refractivity contribution in [3.8, 4) is 11.1 Å². The lowest BCUT2D eigenvalue weighted by atomic mass is 9.95. The minimum Gasteiger partial charge on any atom is -0.381 e. The van der Waals surface area contributed by atoms with Gasteiger partial charge in [-0.1, -0.05) is 36.4 Å². The number of aromatic nitrogens is 2. The van der Waals surface area contributed by atoms with Crippen LogP contribution in [-0.2, 0) is 16.1 Å². The first kappa shape index (κ1) is 26.2. The van der Waals surface area contributed by atoms with Crippen LogP contribution in [0, 0.1) is 0 Å². The average molecular weight is 555 g/mol. The number of carbonyl (C=O) groups is 2. The molecule has 208 valence electrons. The lowest BCUT2D eigenvalue weighted by molar-refractivity contribution is -0.116. The Labute approximate surface area is 243 Å². The quantitative estimate of drug-likeness (QED) is 0.256. The largest absolute Gasteiger partial charge is 0.381 e. The number of nitrogens with zero attached hydrogens (tertiary/aromatic N) is 3. The molecule has 0 spiro atoms.